The Labute approximate surface area is 146 Å². The van der Waals surface area contributed by atoms with E-state index < -0.39 is 0 Å². The fourth-order valence-corrected chi connectivity index (χ4v) is 2.56. The highest BCUT2D eigenvalue weighted by atomic mass is 16.5. The van der Waals surface area contributed by atoms with Crippen molar-refractivity contribution in [2.45, 2.75) is 26.3 Å². The van der Waals surface area contributed by atoms with E-state index in [1.165, 1.54) is 0 Å². The first-order valence-corrected chi connectivity index (χ1v) is 7.89. The zero-order chi connectivity index (χ0) is 18.1. The third kappa shape index (κ3) is 2.90. The maximum atomic E-state index is 12.1. The first-order valence-electron chi connectivity index (χ1n) is 7.89. The average Bonchev–Trinajstić information content (AvgIpc) is 3.26. The summed E-state index contributed by atoms with van der Waals surface area (Å²) in [5.41, 5.74) is 3.77. The Morgan fingerprint density at radius 3 is 3.00 bits per heavy atom. The number of hydrazone groups is 1. The molecule has 2 amide bonds. The molecule has 0 saturated heterocycles. The monoisotopic (exact) mass is 354 g/mol. The molecule has 1 aliphatic heterocycles. The zero-order valence-corrected chi connectivity index (χ0v) is 13.8. The number of amides is 2. The highest BCUT2D eigenvalue weighted by molar-refractivity contribution is 6.39. The van der Waals surface area contributed by atoms with E-state index in [2.05, 4.69) is 36.2 Å². The first-order chi connectivity index (χ1) is 12.6. The molecule has 2 N–H and O–H groups in total. The third-order valence-corrected chi connectivity index (χ3v) is 3.84. The van der Waals surface area contributed by atoms with E-state index in [4.69, 9.17) is 4.52 Å². The van der Waals surface area contributed by atoms with Crippen LogP contribution in [0.3, 0.4) is 0 Å². The highest BCUT2D eigenvalue weighted by Crippen LogP contribution is 2.22. The molecule has 3 aromatic rings. The molecular weight excluding hydrogens is 340 g/mol. The summed E-state index contributed by atoms with van der Waals surface area (Å²) in [5.74, 6) is 0.851. The molecule has 0 atom stereocenters. The molecule has 0 fully saturated rings. The second kappa shape index (κ2) is 6.35. The molecule has 0 aliphatic carbocycles. The molecule has 0 radical (unpaired) electrons. The molecule has 4 rings (SSSR count). The van der Waals surface area contributed by atoms with Crippen LogP contribution in [0.2, 0.25) is 0 Å². The van der Waals surface area contributed by atoms with Gasteiger partial charge < -0.3 is 9.84 Å². The molecule has 132 valence electrons. The summed E-state index contributed by atoms with van der Waals surface area (Å²) in [6, 6.07) is 3.61. The van der Waals surface area contributed by atoms with Crippen LogP contribution in [0, 0.1) is 6.92 Å². The largest absolute Gasteiger partial charge is 0.344 e. The molecule has 0 spiro atoms. The van der Waals surface area contributed by atoms with Crippen LogP contribution in [0.5, 0.6) is 0 Å². The van der Waals surface area contributed by atoms with Gasteiger partial charge in [-0.15, -0.1) is 10.2 Å². The topological polar surface area (TPSA) is 140 Å². The molecule has 0 aromatic carbocycles. The number of fused-ring (bicyclic) bond motifs is 1. The minimum absolute atomic E-state index is 0.152. The summed E-state index contributed by atoms with van der Waals surface area (Å²) < 4.78 is 6.93. The van der Waals surface area contributed by atoms with E-state index >= 15 is 0 Å². The Bertz CT molecular complexity index is 1030. The van der Waals surface area contributed by atoms with Gasteiger partial charge in [-0.1, -0.05) is 5.16 Å². The lowest BCUT2D eigenvalue weighted by atomic mass is 10.1. The van der Waals surface area contributed by atoms with Crippen molar-refractivity contribution in [3.05, 3.63) is 30.0 Å². The zero-order valence-electron chi connectivity index (χ0n) is 13.8. The maximum Gasteiger partial charge on any atom is 0.267 e. The second-order valence-corrected chi connectivity index (χ2v) is 5.65. The lowest BCUT2D eigenvalue weighted by Crippen LogP contribution is -2.36. The van der Waals surface area contributed by atoms with Crippen LogP contribution in [0.4, 0.5) is 0 Å². The van der Waals surface area contributed by atoms with Gasteiger partial charge in [0.05, 0.1) is 12.1 Å². The molecule has 1 aliphatic rings. The van der Waals surface area contributed by atoms with E-state index in [0.29, 0.717) is 35.2 Å². The van der Waals surface area contributed by atoms with E-state index in [0.717, 1.165) is 0 Å². The first kappa shape index (κ1) is 15.9. The number of carbonyl (C=O) groups excluding carboxylic acids is 2. The van der Waals surface area contributed by atoms with E-state index in [1.54, 1.807) is 29.7 Å². The number of hydrogen-bond acceptors (Lipinski definition) is 8. The standard InChI is InChI=1S/C15H14N8O3/c1-8-17-15(26-22-8)9-3-2-6-23-11(19-21-13(9)23)7-16-14(25)10-4-5-12(24)20-18-10/h2-3,6H,4-5,7H2,1H3,(H,16,25)(H,20,24). The lowest BCUT2D eigenvalue weighted by molar-refractivity contribution is -0.121. The van der Waals surface area contributed by atoms with Crippen molar-refractivity contribution in [3.8, 4) is 11.5 Å². The fourth-order valence-electron chi connectivity index (χ4n) is 2.56. The van der Waals surface area contributed by atoms with Crippen molar-refractivity contribution in [1.29, 1.82) is 0 Å². The number of hydrogen-bond donors (Lipinski definition) is 2. The van der Waals surface area contributed by atoms with Gasteiger partial charge in [-0.2, -0.15) is 10.1 Å². The van der Waals surface area contributed by atoms with Crippen LogP contribution in [0.25, 0.3) is 17.1 Å². The molecule has 0 bridgehead atoms. The van der Waals surface area contributed by atoms with Crippen molar-refractivity contribution in [1.82, 2.24) is 35.5 Å². The predicted octanol–water partition coefficient (Wildman–Crippen LogP) is -0.0301. The quantitative estimate of drug-likeness (QED) is 0.670. The Morgan fingerprint density at radius 2 is 2.27 bits per heavy atom. The second-order valence-electron chi connectivity index (χ2n) is 5.65. The van der Waals surface area contributed by atoms with E-state index in [-0.39, 0.29) is 30.5 Å². The van der Waals surface area contributed by atoms with Gasteiger partial charge >= 0.3 is 0 Å². The number of aryl methyl sites for hydroxylation is 1. The molecule has 4 heterocycles. The summed E-state index contributed by atoms with van der Waals surface area (Å²) >= 11 is 0. The third-order valence-electron chi connectivity index (χ3n) is 3.84. The normalized spacial score (nSPS) is 14.2. The average molecular weight is 354 g/mol. The van der Waals surface area contributed by atoms with Crippen LogP contribution in [0.1, 0.15) is 24.5 Å². The van der Waals surface area contributed by atoms with Gasteiger partial charge in [-0.05, 0) is 19.1 Å². The number of nitrogens with one attached hydrogen (secondary N) is 2. The summed E-state index contributed by atoms with van der Waals surface area (Å²) in [4.78, 5) is 27.4. The maximum absolute atomic E-state index is 12.1. The summed E-state index contributed by atoms with van der Waals surface area (Å²) in [7, 11) is 0. The fraction of sp³-hybridized carbons (Fsp3) is 0.267. The summed E-state index contributed by atoms with van der Waals surface area (Å²) in [6.45, 7) is 1.88. The van der Waals surface area contributed by atoms with Gasteiger partial charge in [0.25, 0.3) is 11.8 Å². The van der Waals surface area contributed by atoms with E-state index in [1.807, 2.05) is 0 Å². The van der Waals surface area contributed by atoms with Gasteiger partial charge in [-0.3, -0.25) is 14.0 Å². The van der Waals surface area contributed by atoms with Gasteiger partial charge in [0, 0.05) is 19.0 Å². The van der Waals surface area contributed by atoms with E-state index in [9.17, 15) is 9.59 Å². The number of aromatic nitrogens is 5. The molecule has 11 heteroatoms. The Morgan fingerprint density at radius 1 is 1.38 bits per heavy atom. The van der Waals surface area contributed by atoms with Gasteiger partial charge in [0.15, 0.2) is 17.3 Å². The van der Waals surface area contributed by atoms with Crippen molar-refractivity contribution in [2.75, 3.05) is 0 Å². The number of pyridine rings is 1. The number of nitrogens with zero attached hydrogens (tertiary/aromatic N) is 6. The van der Waals surface area contributed by atoms with Crippen molar-refractivity contribution in [2.24, 2.45) is 5.10 Å². The Hall–Kier alpha value is -3.63. The van der Waals surface area contributed by atoms with Gasteiger partial charge in [0.1, 0.15) is 5.71 Å². The van der Waals surface area contributed by atoms with Crippen LogP contribution in [0.15, 0.2) is 28.0 Å². The Balaban J connectivity index is 1.55. The molecular formula is C15H14N8O3. The van der Waals surface area contributed by atoms with Crippen molar-refractivity contribution in [3.63, 3.8) is 0 Å². The summed E-state index contributed by atoms with van der Waals surface area (Å²) in [6.07, 6.45) is 2.33. The minimum atomic E-state index is -0.356. The van der Waals surface area contributed by atoms with Gasteiger partial charge in [0.2, 0.25) is 5.91 Å². The van der Waals surface area contributed by atoms with Gasteiger partial charge in [-0.25, -0.2) is 5.43 Å². The highest BCUT2D eigenvalue weighted by Gasteiger charge is 2.19. The SMILES string of the molecule is Cc1noc(-c2cccn3c(CNC(=O)C4=NNC(=O)CC4)nnc23)n1. The molecule has 3 aromatic heterocycles. The van der Waals surface area contributed by atoms with Crippen LogP contribution >= 0.6 is 0 Å². The number of carbonyl (C=O) groups is 2. The van der Waals surface area contributed by atoms with Crippen LogP contribution < -0.4 is 10.7 Å². The number of rotatable bonds is 4. The predicted molar refractivity (Wildman–Crippen MR) is 87.7 cm³/mol. The molecule has 11 nitrogen and oxygen atoms in total. The molecule has 26 heavy (non-hydrogen) atoms. The van der Waals surface area contributed by atoms with Crippen molar-refractivity contribution < 1.29 is 14.1 Å². The van der Waals surface area contributed by atoms with Crippen molar-refractivity contribution >= 4 is 23.2 Å². The van der Waals surface area contributed by atoms with Crippen LogP contribution in [-0.4, -0.2) is 42.3 Å². The Kier molecular flexibility index (Phi) is 3.88. The molecule has 0 unspecified atom stereocenters. The van der Waals surface area contributed by atoms with Crippen LogP contribution in [-0.2, 0) is 16.1 Å². The smallest absolute Gasteiger partial charge is 0.267 e. The summed E-state index contributed by atoms with van der Waals surface area (Å²) in [5, 5.41) is 18.5. The lowest BCUT2D eigenvalue weighted by Gasteiger charge is -2.11. The minimum Gasteiger partial charge on any atom is -0.344 e. The molecule has 0 saturated carbocycles.